The molecule has 1 aromatic rings. The van der Waals surface area contributed by atoms with E-state index < -0.39 is 0 Å². The molecular formula is C20H32N4O. The van der Waals surface area contributed by atoms with Gasteiger partial charge in [-0.05, 0) is 43.5 Å². The second-order valence-corrected chi connectivity index (χ2v) is 7.14. The summed E-state index contributed by atoms with van der Waals surface area (Å²) in [7, 11) is 1.88. The van der Waals surface area contributed by atoms with Crippen LogP contribution in [0.1, 0.15) is 30.6 Å². The number of guanidine groups is 1. The van der Waals surface area contributed by atoms with Crippen LogP contribution in [-0.4, -0.2) is 68.7 Å². The largest absolute Gasteiger partial charge is 0.370 e. The third kappa shape index (κ3) is 4.53. The van der Waals surface area contributed by atoms with E-state index in [1.165, 1.54) is 30.6 Å². The lowest BCUT2D eigenvalue weighted by atomic mass is 10.0. The van der Waals surface area contributed by atoms with Crippen LogP contribution in [0.2, 0.25) is 0 Å². The quantitative estimate of drug-likeness (QED) is 0.672. The highest BCUT2D eigenvalue weighted by molar-refractivity contribution is 5.80. The molecule has 0 spiro atoms. The third-order valence-corrected chi connectivity index (χ3v) is 5.48. The lowest BCUT2D eigenvalue weighted by Crippen LogP contribution is -2.49. The smallest absolute Gasteiger partial charge is 0.193 e. The summed E-state index contributed by atoms with van der Waals surface area (Å²) in [6.07, 6.45) is 1.41. The van der Waals surface area contributed by atoms with Crippen molar-refractivity contribution in [3.8, 4) is 0 Å². The van der Waals surface area contributed by atoms with E-state index in [1.54, 1.807) is 0 Å². The summed E-state index contributed by atoms with van der Waals surface area (Å²) in [4.78, 5) is 9.39. The van der Waals surface area contributed by atoms with Gasteiger partial charge < -0.3 is 19.9 Å². The van der Waals surface area contributed by atoms with Gasteiger partial charge in [0.25, 0.3) is 0 Å². The molecule has 2 aliphatic heterocycles. The molecule has 1 N–H and O–H groups in total. The van der Waals surface area contributed by atoms with Gasteiger partial charge in [-0.3, -0.25) is 4.99 Å². The van der Waals surface area contributed by atoms with Gasteiger partial charge in [0.05, 0.1) is 13.2 Å². The summed E-state index contributed by atoms with van der Waals surface area (Å²) in [5.74, 6) is 1.74. The molecule has 0 amide bonds. The van der Waals surface area contributed by atoms with Gasteiger partial charge in [0.15, 0.2) is 5.96 Å². The maximum atomic E-state index is 6.05. The van der Waals surface area contributed by atoms with Crippen LogP contribution in [0.25, 0.3) is 0 Å². The molecule has 3 rings (SSSR count). The number of aliphatic imine (C=N–C) groups is 1. The first kappa shape index (κ1) is 18.2. The van der Waals surface area contributed by atoms with Crippen molar-refractivity contribution in [1.82, 2.24) is 15.1 Å². The molecule has 0 saturated carbocycles. The number of hydrogen-bond acceptors (Lipinski definition) is 3. The Hall–Kier alpha value is -1.59. The summed E-state index contributed by atoms with van der Waals surface area (Å²) >= 11 is 0. The average Bonchev–Trinajstić information content (AvgIpc) is 3.11. The van der Waals surface area contributed by atoms with Crippen LogP contribution in [0, 0.1) is 12.8 Å². The van der Waals surface area contributed by atoms with Crippen molar-refractivity contribution in [3.63, 3.8) is 0 Å². The average molecular weight is 345 g/mol. The van der Waals surface area contributed by atoms with Crippen LogP contribution < -0.4 is 5.32 Å². The highest BCUT2D eigenvalue weighted by Gasteiger charge is 2.26. The number of likely N-dealkylation sites (tertiary alicyclic amines) is 1. The first-order chi connectivity index (χ1) is 12.2. The van der Waals surface area contributed by atoms with Gasteiger partial charge in [-0.15, -0.1) is 0 Å². The van der Waals surface area contributed by atoms with Crippen LogP contribution in [0.4, 0.5) is 0 Å². The Morgan fingerprint density at radius 1 is 1.28 bits per heavy atom. The van der Waals surface area contributed by atoms with E-state index in [2.05, 4.69) is 58.2 Å². The van der Waals surface area contributed by atoms with E-state index in [-0.39, 0.29) is 6.10 Å². The number of ether oxygens (including phenoxy) is 1. The van der Waals surface area contributed by atoms with Crippen LogP contribution >= 0.6 is 0 Å². The fourth-order valence-electron chi connectivity index (χ4n) is 3.91. The number of nitrogens with zero attached hydrogens (tertiary/aromatic N) is 3. The molecule has 0 bridgehead atoms. The molecule has 1 aromatic carbocycles. The standard InChI is InChI=1S/C20H32N4O/c1-4-23-10-9-17(14-23)13-22-20(21-3)24-11-12-25-19(15-24)18-8-6-5-7-16(18)2/h5-8,17,19H,4,9-15H2,1-3H3,(H,21,22). The maximum Gasteiger partial charge on any atom is 0.193 e. The molecule has 5 nitrogen and oxygen atoms in total. The van der Waals surface area contributed by atoms with E-state index in [4.69, 9.17) is 4.74 Å². The van der Waals surface area contributed by atoms with Crippen LogP contribution in [0.5, 0.6) is 0 Å². The minimum absolute atomic E-state index is 0.121. The summed E-state index contributed by atoms with van der Waals surface area (Å²) in [5, 5.41) is 3.61. The molecule has 0 aromatic heterocycles. The van der Waals surface area contributed by atoms with Crippen molar-refractivity contribution >= 4 is 5.96 Å². The van der Waals surface area contributed by atoms with Crippen molar-refractivity contribution < 1.29 is 4.74 Å². The van der Waals surface area contributed by atoms with Crippen molar-refractivity contribution in [2.45, 2.75) is 26.4 Å². The zero-order chi connectivity index (χ0) is 17.6. The van der Waals surface area contributed by atoms with Crippen molar-refractivity contribution in [1.29, 1.82) is 0 Å². The predicted molar refractivity (Wildman–Crippen MR) is 103 cm³/mol. The molecule has 5 heteroatoms. The van der Waals surface area contributed by atoms with Gasteiger partial charge in [-0.2, -0.15) is 0 Å². The molecule has 0 radical (unpaired) electrons. The zero-order valence-corrected chi connectivity index (χ0v) is 15.9. The van der Waals surface area contributed by atoms with Gasteiger partial charge in [0.2, 0.25) is 0 Å². The van der Waals surface area contributed by atoms with E-state index in [9.17, 15) is 0 Å². The third-order valence-electron chi connectivity index (χ3n) is 5.48. The van der Waals surface area contributed by atoms with Crippen LogP contribution in [0.15, 0.2) is 29.3 Å². The van der Waals surface area contributed by atoms with Gasteiger partial charge in [-0.1, -0.05) is 31.2 Å². The number of nitrogens with one attached hydrogen (secondary N) is 1. The fourth-order valence-corrected chi connectivity index (χ4v) is 3.91. The van der Waals surface area contributed by atoms with Crippen molar-refractivity contribution in [2.75, 3.05) is 52.9 Å². The molecule has 2 heterocycles. The number of rotatable bonds is 4. The minimum atomic E-state index is 0.121. The van der Waals surface area contributed by atoms with Gasteiger partial charge in [0.1, 0.15) is 6.10 Å². The highest BCUT2D eigenvalue weighted by Crippen LogP contribution is 2.25. The Morgan fingerprint density at radius 3 is 2.84 bits per heavy atom. The van der Waals surface area contributed by atoms with E-state index in [1.807, 2.05) is 7.05 Å². The monoisotopic (exact) mass is 344 g/mol. The predicted octanol–water partition coefficient (Wildman–Crippen LogP) is 2.29. The summed E-state index contributed by atoms with van der Waals surface area (Å²) in [6, 6.07) is 8.51. The SMILES string of the molecule is CCN1CCC(CNC(=NC)N2CCOC(c3ccccc3C)C2)C1. The Morgan fingerprint density at radius 2 is 2.12 bits per heavy atom. The Labute approximate surface area is 152 Å². The molecule has 2 unspecified atom stereocenters. The van der Waals surface area contributed by atoms with Crippen molar-refractivity contribution in [3.05, 3.63) is 35.4 Å². The zero-order valence-electron chi connectivity index (χ0n) is 15.9. The molecule has 0 aliphatic carbocycles. The lowest BCUT2D eigenvalue weighted by molar-refractivity contribution is -0.00836. The molecule has 2 fully saturated rings. The van der Waals surface area contributed by atoms with E-state index >= 15 is 0 Å². The number of benzene rings is 1. The Bertz CT molecular complexity index is 589. The van der Waals surface area contributed by atoms with Gasteiger partial charge >= 0.3 is 0 Å². The lowest BCUT2D eigenvalue weighted by Gasteiger charge is -2.36. The second-order valence-electron chi connectivity index (χ2n) is 7.14. The number of morpholine rings is 1. The summed E-state index contributed by atoms with van der Waals surface area (Å²) in [5.41, 5.74) is 2.58. The molecule has 2 atom stereocenters. The fraction of sp³-hybridized carbons (Fsp3) is 0.650. The molecule has 138 valence electrons. The topological polar surface area (TPSA) is 40.1 Å². The minimum Gasteiger partial charge on any atom is -0.370 e. The van der Waals surface area contributed by atoms with Crippen LogP contribution in [-0.2, 0) is 4.74 Å². The molecule has 2 saturated heterocycles. The number of aryl methyl sites for hydroxylation is 1. The van der Waals surface area contributed by atoms with Crippen molar-refractivity contribution in [2.24, 2.45) is 10.9 Å². The molecular weight excluding hydrogens is 312 g/mol. The van der Waals surface area contributed by atoms with E-state index in [0.717, 1.165) is 44.7 Å². The summed E-state index contributed by atoms with van der Waals surface area (Å²) < 4.78 is 6.05. The first-order valence-corrected chi connectivity index (χ1v) is 9.56. The highest BCUT2D eigenvalue weighted by atomic mass is 16.5. The number of hydrogen-bond donors (Lipinski definition) is 1. The first-order valence-electron chi connectivity index (χ1n) is 9.56. The normalized spacial score (nSPS) is 25.4. The van der Waals surface area contributed by atoms with Gasteiger partial charge in [0, 0.05) is 26.7 Å². The van der Waals surface area contributed by atoms with Crippen LogP contribution in [0.3, 0.4) is 0 Å². The summed E-state index contributed by atoms with van der Waals surface area (Å²) in [6.45, 7) is 11.5. The Balaban J connectivity index is 1.57. The van der Waals surface area contributed by atoms with E-state index in [0.29, 0.717) is 0 Å². The molecule has 2 aliphatic rings. The maximum absolute atomic E-state index is 6.05. The second kappa shape index (κ2) is 8.68. The molecule has 25 heavy (non-hydrogen) atoms. The van der Waals surface area contributed by atoms with Gasteiger partial charge in [-0.25, -0.2) is 0 Å². The Kier molecular flexibility index (Phi) is 6.32.